The minimum Gasteiger partial charge on any atom is -0.294 e. The molecule has 0 saturated carbocycles. The lowest BCUT2D eigenvalue weighted by atomic mass is 10.7. The zero-order valence-electron chi connectivity index (χ0n) is 9.67. The summed E-state index contributed by atoms with van der Waals surface area (Å²) in [6.45, 7) is 0.340. The van der Waals surface area contributed by atoms with E-state index in [2.05, 4.69) is 9.05 Å². The molecule has 0 aromatic rings. The van der Waals surface area contributed by atoms with Crippen LogP contribution in [0.1, 0.15) is 13.8 Å². The number of alkyl halides is 4. The minimum absolute atomic E-state index is 0.178. The fourth-order valence-electron chi connectivity index (χ4n) is 1.08. The van der Waals surface area contributed by atoms with Gasteiger partial charge in [-0.15, -0.1) is 0 Å². The van der Waals surface area contributed by atoms with Gasteiger partial charge in [0.1, 0.15) is 6.67 Å². The largest absolute Gasteiger partial charge is 0.412 e. The third-order valence-electron chi connectivity index (χ3n) is 1.80. The lowest BCUT2D eigenvalue weighted by Crippen LogP contribution is -2.26. The van der Waals surface area contributed by atoms with Gasteiger partial charge in [-0.1, -0.05) is 13.8 Å². The maximum atomic E-state index is 12.0. The maximum absolute atomic E-state index is 12.0. The van der Waals surface area contributed by atoms with E-state index in [1.165, 1.54) is 0 Å². The quantitative estimate of drug-likeness (QED) is 0.506. The molecule has 0 fully saturated rings. The second-order valence-corrected chi connectivity index (χ2v) is 5.04. The van der Waals surface area contributed by atoms with Crippen LogP contribution in [0, 0.1) is 0 Å². The van der Waals surface area contributed by atoms with Crippen molar-refractivity contribution in [3.8, 4) is 0 Å². The van der Waals surface area contributed by atoms with E-state index in [4.69, 9.17) is 0 Å². The van der Waals surface area contributed by atoms with Gasteiger partial charge in [0.25, 0.3) is 0 Å². The Bertz CT molecular complexity index is 258. The molecule has 0 aliphatic carbocycles. The Morgan fingerprint density at radius 3 is 2.06 bits per heavy atom. The molecule has 1 unspecified atom stereocenters. The van der Waals surface area contributed by atoms with Gasteiger partial charge in [-0.3, -0.25) is 9.05 Å². The monoisotopic (exact) mass is 281 g/mol. The van der Waals surface area contributed by atoms with Gasteiger partial charge < -0.3 is 0 Å². The Balaban J connectivity index is 4.65. The molecule has 0 spiro atoms. The topological polar surface area (TPSA) is 38.8 Å². The second-order valence-electron chi connectivity index (χ2n) is 3.02. The van der Waals surface area contributed by atoms with Gasteiger partial charge in [0, 0.05) is 13.1 Å². The van der Waals surface area contributed by atoms with Gasteiger partial charge >= 0.3 is 13.9 Å². The van der Waals surface area contributed by atoms with E-state index >= 15 is 0 Å². The molecule has 4 nitrogen and oxygen atoms in total. The smallest absolute Gasteiger partial charge is 0.294 e. The number of nitrogens with zero attached hydrogens (tertiary/aromatic N) is 1. The summed E-state index contributed by atoms with van der Waals surface area (Å²) in [5, 5.41) is 0. The molecule has 0 N–H and O–H groups in total. The van der Waals surface area contributed by atoms with E-state index in [1.54, 1.807) is 13.8 Å². The Labute approximate surface area is 97.5 Å². The predicted octanol–water partition coefficient (Wildman–Crippen LogP) is 3.00. The van der Waals surface area contributed by atoms with Crippen molar-refractivity contribution in [2.75, 3.05) is 33.0 Å². The molecule has 1 atom stereocenters. The highest BCUT2D eigenvalue weighted by Crippen LogP contribution is 2.52. The summed E-state index contributed by atoms with van der Waals surface area (Å²) < 4.78 is 69.9. The van der Waals surface area contributed by atoms with Crippen LogP contribution >= 0.6 is 7.75 Å². The van der Waals surface area contributed by atoms with Gasteiger partial charge in [-0.2, -0.15) is 13.2 Å². The van der Waals surface area contributed by atoms with Crippen LogP contribution in [-0.4, -0.2) is 43.8 Å². The molecule has 0 aromatic carbocycles. The molecule has 0 saturated heterocycles. The lowest BCUT2D eigenvalue weighted by Gasteiger charge is -2.28. The zero-order chi connectivity index (χ0) is 13.5. The standard InChI is InChI=1S/C8H16F4NO3P/c1-3-13(4-2)17(14,15-6-5-9)16-7-8(10,11)12/h3-7H2,1-2H3. The molecule has 0 amide bonds. The molecular formula is C8H16F4NO3P. The highest BCUT2D eigenvalue weighted by molar-refractivity contribution is 7.51. The van der Waals surface area contributed by atoms with Crippen LogP contribution in [0.4, 0.5) is 17.6 Å². The average Bonchev–Trinajstić information content (AvgIpc) is 2.24. The van der Waals surface area contributed by atoms with E-state index in [0.29, 0.717) is 0 Å². The first kappa shape index (κ1) is 16.8. The third kappa shape index (κ3) is 6.35. The Morgan fingerprint density at radius 2 is 1.71 bits per heavy atom. The molecule has 0 heterocycles. The molecule has 0 bridgehead atoms. The lowest BCUT2D eigenvalue weighted by molar-refractivity contribution is -0.156. The summed E-state index contributed by atoms with van der Waals surface area (Å²) in [6, 6.07) is 0. The number of halogens is 4. The van der Waals surface area contributed by atoms with Crippen LogP contribution in [0.25, 0.3) is 0 Å². The predicted molar refractivity (Wildman–Crippen MR) is 54.5 cm³/mol. The van der Waals surface area contributed by atoms with Gasteiger partial charge in [0.2, 0.25) is 0 Å². The summed E-state index contributed by atoms with van der Waals surface area (Å²) in [7, 11) is -4.07. The highest BCUT2D eigenvalue weighted by Gasteiger charge is 2.37. The van der Waals surface area contributed by atoms with Crippen molar-refractivity contribution in [3.63, 3.8) is 0 Å². The summed E-state index contributed by atoms with van der Waals surface area (Å²) >= 11 is 0. The van der Waals surface area contributed by atoms with Crippen LogP contribution in [0.2, 0.25) is 0 Å². The number of rotatable bonds is 8. The molecule has 0 aromatic heterocycles. The van der Waals surface area contributed by atoms with Crippen LogP contribution in [-0.2, 0) is 13.6 Å². The fraction of sp³-hybridized carbons (Fsp3) is 1.00. The molecule has 0 rings (SSSR count). The Hall–Kier alpha value is -0.170. The first-order valence-electron chi connectivity index (χ1n) is 5.06. The van der Waals surface area contributed by atoms with Gasteiger partial charge in [-0.25, -0.2) is 13.6 Å². The second kappa shape index (κ2) is 7.31. The first-order chi connectivity index (χ1) is 7.79. The molecule has 0 aliphatic heterocycles. The van der Waals surface area contributed by atoms with E-state index in [1.807, 2.05) is 0 Å². The number of hydrogen-bond donors (Lipinski definition) is 0. The molecule has 0 aliphatic rings. The third-order valence-corrected chi connectivity index (χ3v) is 4.02. The minimum atomic E-state index is -4.61. The molecule has 0 radical (unpaired) electrons. The van der Waals surface area contributed by atoms with Crippen LogP contribution < -0.4 is 0 Å². The van der Waals surface area contributed by atoms with Crippen molar-refractivity contribution in [3.05, 3.63) is 0 Å². The molecular weight excluding hydrogens is 265 g/mol. The fourth-order valence-corrected chi connectivity index (χ4v) is 2.78. The van der Waals surface area contributed by atoms with Crippen molar-refractivity contribution in [2.45, 2.75) is 20.0 Å². The maximum Gasteiger partial charge on any atom is 0.412 e. The van der Waals surface area contributed by atoms with E-state index in [9.17, 15) is 22.1 Å². The highest BCUT2D eigenvalue weighted by atomic mass is 31.2. The van der Waals surface area contributed by atoms with Crippen molar-refractivity contribution in [2.24, 2.45) is 0 Å². The normalized spacial score (nSPS) is 16.2. The average molecular weight is 281 g/mol. The molecule has 9 heteroatoms. The Morgan fingerprint density at radius 1 is 1.18 bits per heavy atom. The van der Waals surface area contributed by atoms with E-state index < -0.39 is 33.8 Å². The Kier molecular flexibility index (Phi) is 7.23. The van der Waals surface area contributed by atoms with Crippen LogP contribution in [0.15, 0.2) is 0 Å². The van der Waals surface area contributed by atoms with Crippen molar-refractivity contribution < 1.29 is 31.2 Å². The van der Waals surface area contributed by atoms with E-state index in [-0.39, 0.29) is 13.1 Å². The SMILES string of the molecule is CCN(CC)P(=O)(OCCF)OCC(F)(F)F. The first-order valence-corrected chi connectivity index (χ1v) is 6.55. The summed E-state index contributed by atoms with van der Waals surface area (Å²) in [6.07, 6.45) is -4.61. The summed E-state index contributed by atoms with van der Waals surface area (Å²) in [4.78, 5) is 0. The van der Waals surface area contributed by atoms with Crippen molar-refractivity contribution in [1.82, 2.24) is 4.67 Å². The number of hydrogen-bond acceptors (Lipinski definition) is 3. The van der Waals surface area contributed by atoms with Crippen LogP contribution in [0.5, 0.6) is 0 Å². The molecule has 17 heavy (non-hydrogen) atoms. The van der Waals surface area contributed by atoms with Crippen LogP contribution in [0.3, 0.4) is 0 Å². The summed E-state index contributed by atoms with van der Waals surface area (Å²) in [5.74, 6) is 0. The van der Waals surface area contributed by atoms with Gasteiger partial charge in [0.15, 0.2) is 6.61 Å². The van der Waals surface area contributed by atoms with Crippen molar-refractivity contribution in [1.29, 1.82) is 0 Å². The van der Waals surface area contributed by atoms with Crippen molar-refractivity contribution >= 4 is 7.75 Å². The van der Waals surface area contributed by atoms with E-state index in [0.717, 1.165) is 4.67 Å². The summed E-state index contributed by atoms with van der Waals surface area (Å²) in [5.41, 5.74) is 0. The molecule has 104 valence electrons. The van der Waals surface area contributed by atoms with Gasteiger partial charge in [0.05, 0.1) is 6.61 Å². The zero-order valence-corrected chi connectivity index (χ0v) is 10.6. The van der Waals surface area contributed by atoms with Gasteiger partial charge in [-0.05, 0) is 0 Å².